The molecule has 21 heavy (non-hydrogen) atoms. The third-order valence-corrected chi connectivity index (χ3v) is 3.58. The van der Waals surface area contributed by atoms with Gasteiger partial charge in [-0.2, -0.15) is 13.2 Å². The molecule has 1 rings (SSSR count). The lowest BCUT2D eigenvalue weighted by Gasteiger charge is -2.17. The Bertz CT molecular complexity index is 463. The molecule has 0 aliphatic rings. The molecule has 1 unspecified atom stereocenters. The first-order valence-corrected chi connectivity index (χ1v) is 7.40. The summed E-state index contributed by atoms with van der Waals surface area (Å²) in [7, 11) is 0. The monoisotopic (exact) mass is 321 g/mol. The molecule has 0 radical (unpaired) electrons. The minimum Gasteiger partial charge on any atom is -0.368 e. The van der Waals surface area contributed by atoms with Crippen molar-refractivity contribution in [3.63, 3.8) is 0 Å². The van der Waals surface area contributed by atoms with Crippen LogP contribution in [-0.4, -0.2) is 28.7 Å². The summed E-state index contributed by atoms with van der Waals surface area (Å²) in [5.74, 6) is 0.0933. The zero-order chi connectivity index (χ0) is 16.0. The second-order valence-corrected chi connectivity index (χ2v) is 5.91. The highest BCUT2D eigenvalue weighted by molar-refractivity contribution is 7.99. The van der Waals surface area contributed by atoms with Crippen molar-refractivity contribution in [1.29, 1.82) is 0 Å². The number of carbonyl (C=O) groups excluding carboxylic acids is 1. The van der Waals surface area contributed by atoms with Crippen molar-refractivity contribution in [3.8, 4) is 0 Å². The first-order valence-electron chi connectivity index (χ1n) is 6.41. The molecule has 0 aliphatic heterocycles. The lowest BCUT2D eigenvalue weighted by Crippen LogP contribution is -2.44. The van der Waals surface area contributed by atoms with Crippen LogP contribution in [0.3, 0.4) is 0 Å². The number of nitrogens with zero attached hydrogens (tertiary/aromatic N) is 1. The lowest BCUT2D eigenvalue weighted by molar-refractivity contribution is -0.137. The number of amides is 1. The van der Waals surface area contributed by atoms with Gasteiger partial charge in [-0.25, -0.2) is 4.98 Å². The van der Waals surface area contributed by atoms with Crippen molar-refractivity contribution >= 4 is 17.7 Å². The van der Waals surface area contributed by atoms with Gasteiger partial charge in [0.05, 0.1) is 16.6 Å². The van der Waals surface area contributed by atoms with Crippen LogP contribution < -0.4 is 11.1 Å². The summed E-state index contributed by atoms with van der Waals surface area (Å²) in [4.78, 5) is 15.0. The van der Waals surface area contributed by atoms with E-state index >= 15 is 0 Å². The molecule has 0 bridgehead atoms. The second-order valence-electron chi connectivity index (χ2n) is 4.80. The number of halogens is 3. The van der Waals surface area contributed by atoms with E-state index in [1.54, 1.807) is 0 Å². The van der Waals surface area contributed by atoms with Crippen molar-refractivity contribution in [2.45, 2.75) is 43.6 Å². The normalized spacial score (nSPS) is 13.4. The van der Waals surface area contributed by atoms with Crippen molar-refractivity contribution < 1.29 is 18.0 Å². The minimum atomic E-state index is -4.38. The van der Waals surface area contributed by atoms with Gasteiger partial charge in [0.1, 0.15) is 0 Å². The molecule has 0 aromatic carbocycles. The number of rotatable bonds is 7. The van der Waals surface area contributed by atoms with Gasteiger partial charge in [0.15, 0.2) is 0 Å². The molecule has 0 aliphatic carbocycles. The maximum Gasteiger partial charge on any atom is 0.417 e. The zero-order valence-electron chi connectivity index (χ0n) is 11.8. The fraction of sp³-hybridized carbons (Fsp3) is 0.538. The maximum absolute atomic E-state index is 12.4. The Hall–Kier alpha value is -1.28. The topological polar surface area (TPSA) is 68.0 Å². The first kappa shape index (κ1) is 17.8. The summed E-state index contributed by atoms with van der Waals surface area (Å²) >= 11 is 1.29. The van der Waals surface area contributed by atoms with Gasteiger partial charge < -0.3 is 11.1 Å². The molecule has 118 valence electrons. The Labute approximate surface area is 125 Å². The van der Waals surface area contributed by atoms with Gasteiger partial charge in [-0.3, -0.25) is 4.79 Å². The summed E-state index contributed by atoms with van der Waals surface area (Å²) in [5.41, 5.74) is 4.51. The second kappa shape index (κ2) is 7.65. The third-order valence-electron chi connectivity index (χ3n) is 2.60. The lowest BCUT2D eigenvalue weighted by atomic mass is 10.2. The molecule has 0 saturated heterocycles. The van der Waals surface area contributed by atoms with Crippen LogP contribution in [0.4, 0.5) is 13.2 Å². The fourth-order valence-electron chi connectivity index (χ4n) is 1.62. The SMILES string of the molecule is CC(C)NC(CCSc1ccc(C(F)(F)F)cn1)C(N)=O. The molecule has 1 amide bonds. The van der Waals surface area contributed by atoms with E-state index in [9.17, 15) is 18.0 Å². The molecule has 0 saturated carbocycles. The van der Waals surface area contributed by atoms with Crippen LogP contribution in [0.15, 0.2) is 23.4 Å². The van der Waals surface area contributed by atoms with Crippen molar-refractivity contribution in [3.05, 3.63) is 23.9 Å². The van der Waals surface area contributed by atoms with E-state index in [1.165, 1.54) is 17.8 Å². The van der Waals surface area contributed by atoms with E-state index < -0.39 is 23.7 Å². The van der Waals surface area contributed by atoms with Gasteiger partial charge in [0, 0.05) is 18.0 Å². The van der Waals surface area contributed by atoms with E-state index in [0.29, 0.717) is 17.2 Å². The highest BCUT2D eigenvalue weighted by Gasteiger charge is 2.30. The number of nitrogens with one attached hydrogen (secondary N) is 1. The van der Waals surface area contributed by atoms with E-state index in [0.717, 1.165) is 12.3 Å². The average Bonchev–Trinajstić information content (AvgIpc) is 2.36. The quantitative estimate of drug-likeness (QED) is 0.757. The number of pyridine rings is 1. The van der Waals surface area contributed by atoms with Gasteiger partial charge in [-0.1, -0.05) is 13.8 Å². The molecule has 0 spiro atoms. The highest BCUT2D eigenvalue weighted by Crippen LogP contribution is 2.29. The zero-order valence-corrected chi connectivity index (χ0v) is 12.6. The number of hydrogen-bond acceptors (Lipinski definition) is 4. The molecule has 8 heteroatoms. The Morgan fingerprint density at radius 3 is 2.52 bits per heavy atom. The van der Waals surface area contributed by atoms with Crippen LogP contribution in [0.5, 0.6) is 0 Å². The summed E-state index contributed by atoms with van der Waals surface area (Å²) in [5, 5.41) is 3.52. The Morgan fingerprint density at radius 2 is 2.10 bits per heavy atom. The maximum atomic E-state index is 12.4. The highest BCUT2D eigenvalue weighted by atomic mass is 32.2. The number of primary amides is 1. The number of aromatic nitrogens is 1. The van der Waals surface area contributed by atoms with Crippen LogP contribution in [0.25, 0.3) is 0 Å². The van der Waals surface area contributed by atoms with Gasteiger partial charge in [0.2, 0.25) is 5.91 Å². The van der Waals surface area contributed by atoms with Crippen LogP contribution in [0.2, 0.25) is 0 Å². The number of hydrogen-bond donors (Lipinski definition) is 2. The number of thioether (sulfide) groups is 1. The summed E-state index contributed by atoms with van der Waals surface area (Å²) in [6.45, 7) is 3.81. The van der Waals surface area contributed by atoms with Crippen molar-refractivity contribution in [1.82, 2.24) is 10.3 Å². The largest absolute Gasteiger partial charge is 0.417 e. The molecule has 1 heterocycles. The molecule has 1 aromatic rings. The van der Waals surface area contributed by atoms with Gasteiger partial charge in [0.25, 0.3) is 0 Å². The predicted octanol–water partition coefficient (Wildman–Crippen LogP) is 2.43. The molecule has 4 nitrogen and oxygen atoms in total. The summed E-state index contributed by atoms with van der Waals surface area (Å²) < 4.78 is 37.1. The summed E-state index contributed by atoms with van der Waals surface area (Å²) in [6.07, 6.45) is -3.09. The number of nitrogens with two attached hydrogens (primary N) is 1. The molecular formula is C13H18F3N3OS. The summed E-state index contributed by atoms with van der Waals surface area (Å²) in [6, 6.07) is 1.99. The van der Waals surface area contributed by atoms with Gasteiger partial charge >= 0.3 is 6.18 Å². The Kier molecular flexibility index (Phi) is 6.47. The third kappa shape index (κ3) is 6.34. The van der Waals surface area contributed by atoms with Gasteiger partial charge in [-0.15, -0.1) is 11.8 Å². The van der Waals surface area contributed by atoms with E-state index in [4.69, 9.17) is 5.73 Å². The van der Waals surface area contributed by atoms with Crippen molar-refractivity contribution in [2.75, 3.05) is 5.75 Å². The fourth-order valence-corrected chi connectivity index (χ4v) is 2.48. The molecule has 0 fully saturated rings. The van der Waals surface area contributed by atoms with E-state index in [-0.39, 0.29) is 6.04 Å². The molecular weight excluding hydrogens is 303 g/mol. The standard InChI is InChI=1S/C13H18F3N3OS/c1-8(2)19-10(12(17)20)5-6-21-11-4-3-9(7-18-11)13(14,15)16/h3-4,7-8,10,19H,5-6H2,1-2H3,(H2,17,20). The molecule has 1 atom stereocenters. The van der Waals surface area contributed by atoms with Crippen LogP contribution >= 0.6 is 11.8 Å². The minimum absolute atomic E-state index is 0.122. The first-order chi connectivity index (χ1) is 9.70. The number of carbonyl (C=O) groups is 1. The Balaban J connectivity index is 2.50. The molecule has 1 aromatic heterocycles. The van der Waals surface area contributed by atoms with Crippen molar-refractivity contribution in [2.24, 2.45) is 5.73 Å². The van der Waals surface area contributed by atoms with Crippen LogP contribution in [-0.2, 0) is 11.0 Å². The van der Waals surface area contributed by atoms with Crippen LogP contribution in [0.1, 0.15) is 25.8 Å². The van der Waals surface area contributed by atoms with E-state index in [2.05, 4.69) is 10.3 Å². The van der Waals surface area contributed by atoms with E-state index in [1.807, 2.05) is 13.8 Å². The average molecular weight is 321 g/mol. The molecule has 3 N–H and O–H groups in total. The predicted molar refractivity (Wildman–Crippen MR) is 75.8 cm³/mol. The van der Waals surface area contributed by atoms with Crippen LogP contribution in [0, 0.1) is 0 Å². The Morgan fingerprint density at radius 1 is 1.43 bits per heavy atom. The number of alkyl halides is 3. The smallest absolute Gasteiger partial charge is 0.368 e. The van der Waals surface area contributed by atoms with Gasteiger partial charge in [-0.05, 0) is 18.6 Å².